The third-order valence-electron chi connectivity index (χ3n) is 2.92. The molecule has 0 radical (unpaired) electrons. The van der Waals surface area contributed by atoms with Crippen LogP contribution in [0.1, 0.15) is 33.6 Å². The smallest absolute Gasteiger partial charge is 0.309 e. The lowest BCUT2D eigenvalue weighted by Gasteiger charge is -2.45. The highest BCUT2D eigenvalue weighted by Gasteiger charge is 2.50. The molecule has 0 aromatic rings. The number of hydrogen-bond donors (Lipinski definition) is 1. The molecule has 0 bridgehead atoms. The van der Waals surface area contributed by atoms with Gasteiger partial charge in [0.15, 0.2) is 0 Å². The predicted molar refractivity (Wildman–Crippen MR) is 43.7 cm³/mol. The van der Waals surface area contributed by atoms with Gasteiger partial charge in [-0.25, -0.2) is 4.39 Å². The van der Waals surface area contributed by atoms with Crippen LogP contribution >= 0.6 is 0 Å². The summed E-state index contributed by atoms with van der Waals surface area (Å²) in [6.45, 7) is 4.85. The Morgan fingerprint density at radius 1 is 1.58 bits per heavy atom. The van der Waals surface area contributed by atoms with Crippen molar-refractivity contribution in [2.45, 2.75) is 39.3 Å². The van der Waals surface area contributed by atoms with Crippen LogP contribution in [0.3, 0.4) is 0 Å². The van der Waals surface area contributed by atoms with Gasteiger partial charge < -0.3 is 5.11 Å². The van der Waals surface area contributed by atoms with Crippen LogP contribution in [0.2, 0.25) is 0 Å². The molecule has 0 amide bonds. The zero-order valence-corrected chi connectivity index (χ0v) is 7.72. The summed E-state index contributed by atoms with van der Waals surface area (Å²) in [5.41, 5.74) is -1.90. The molecule has 12 heavy (non-hydrogen) atoms. The van der Waals surface area contributed by atoms with Crippen LogP contribution in [0.25, 0.3) is 0 Å². The topological polar surface area (TPSA) is 37.3 Å². The minimum atomic E-state index is -1.13. The summed E-state index contributed by atoms with van der Waals surface area (Å²) >= 11 is 0. The summed E-state index contributed by atoms with van der Waals surface area (Å²) in [5.74, 6) is -0.840. The van der Waals surface area contributed by atoms with Crippen LogP contribution in [0.5, 0.6) is 0 Å². The van der Waals surface area contributed by atoms with Crippen molar-refractivity contribution in [2.24, 2.45) is 11.3 Å². The van der Waals surface area contributed by atoms with E-state index < -0.39 is 17.1 Å². The highest BCUT2D eigenvalue weighted by Crippen LogP contribution is 2.49. The molecule has 1 fully saturated rings. The molecule has 0 aliphatic heterocycles. The van der Waals surface area contributed by atoms with Gasteiger partial charge in [0, 0.05) is 0 Å². The van der Waals surface area contributed by atoms with E-state index in [1.807, 2.05) is 0 Å². The van der Waals surface area contributed by atoms with Crippen molar-refractivity contribution in [1.82, 2.24) is 0 Å². The van der Waals surface area contributed by atoms with Gasteiger partial charge in [0.25, 0.3) is 0 Å². The molecule has 1 aliphatic carbocycles. The quantitative estimate of drug-likeness (QED) is 0.697. The Labute approximate surface area is 71.8 Å². The Morgan fingerprint density at radius 3 is 2.25 bits per heavy atom. The average molecular weight is 174 g/mol. The van der Waals surface area contributed by atoms with E-state index in [2.05, 4.69) is 0 Å². The molecule has 1 rings (SSSR count). The predicted octanol–water partition coefficient (Wildman–Crippen LogP) is 2.24. The molecule has 3 heteroatoms. The fourth-order valence-electron chi connectivity index (χ4n) is 1.65. The Morgan fingerprint density at radius 2 is 2.00 bits per heavy atom. The molecule has 0 saturated heterocycles. The van der Waals surface area contributed by atoms with Crippen molar-refractivity contribution < 1.29 is 14.3 Å². The maximum atomic E-state index is 13.1. The normalized spacial score (nSPS) is 35.8. The van der Waals surface area contributed by atoms with Gasteiger partial charge in [0.1, 0.15) is 5.67 Å². The molecule has 0 heterocycles. The maximum Gasteiger partial charge on any atom is 0.309 e. The van der Waals surface area contributed by atoms with Gasteiger partial charge in [-0.15, -0.1) is 0 Å². The van der Waals surface area contributed by atoms with E-state index in [0.29, 0.717) is 12.8 Å². The fraction of sp³-hybridized carbons (Fsp3) is 0.889. The summed E-state index contributed by atoms with van der Waals surface area (Å²) < 4.78 is 13.1. The summed E-state index contributed by atoms with van der Waals surface area (Å²) in [5, 5.41) is 8.82. The van der Waals surface area contributed by atoms with Gasteiger partial charge in [0.05, 0.1) is 5.41 Å². The van der Waals surface area contributed by atoms with E-state index in [9.17, 15) is 9.18 Å². The van der Waals surface area contributed by atoms with Gasteiger partial charge in [0.2, 0.25) is 0 Å². The number of carbonyl (C=O) groups is 1. The summed E-state index contributed by atoms with van der Waals surface area (Å²) in [4.78, 5) is 10.7. The van der Waals surface area contributed by atoms with E-state index >= 15 is 0 Å². The highest BCUT2D eigenvalue weighted by atomic mass is 19.1. The lowest BCUT2D eigenvalue weighted by molar-refractivity contribution is -0.156. The Balaban J connectivity index is 2.58. The highest BCUT2D eigenvalue weighted by molar-refractivity contribution is 5.74. The van der Waals surface area contributed by atoms with E-state index in [1.54, 1.807) is 13.8 Å². The van der Waals surface area contributed by atoms with Crippen LogP contribution in [0.15, 0.2) is 0 Å². The SMILES string of the molecule is CC1(F)CC(C(C)(C)C(=O)O)C1. The van der Waals surface area contributed by atoms with Gasteiger partial charge in [-0.1, -0.05) is 0 Å². The van der Waals surface area contributed by atoms with E-state index in [-0.39, 0.29) is 5.92 Å². The van der Waals surface area contributed by atoms with Crippen LogP contribution in [0, 0.1) is 11.3 Å². The third-order valence-corrected chi connectivity index (χ3v) is 2.92. The van der Waals surface area contributed by atoms with Crippen molar-refractivity contribution in [1.29, 1.82) is 0 Å². The second kappa shape index (κ2) is 2.44. The molecule has 1 N–H and O–H groups in total. The zero-order valence-electron chi connectivity index (χ0n) is 7.72. The lowest BCUT2D eigenvalue weighted by atomic mass is 9.61. The number of carboxylic acid groups (broad SMARTS) is 1. The third kappa shape index (κ3) is 1.45. The number of aliphatic carboxylic acids is 1. The summed E-state index contributed by atoms with van der Waals surface area (Å²) in [7, 11) is 0. The second-order valence-electron chi connectivity index (χ2n) is 4.55. The Hall–Kier alpha value is -0.600. The Bertz CT molecular complexity index is 201. The van der Waals surface area contributed by atoms with Crippen molar-refractivity contribution in [2.75, 3.05) is 0 Å². The largest absolute Gasteiger partial charge is 0.481 e. The molecule has 0 unspecified atom stereocenters. The van der Waals surface area contributed by atoms with E-state index in [1.165, 1.54) is 6.92 Å². The van der Waals surface area contributed by atoms with E-state index in [0.717, 1.165) is 0 Å². The number of carboxylic acids is 1. The van der Waals surface area contributed by atoms with E-state index in [4.69, 9.17) is 5.11 Å². The number of halogens is 1. The first kappa shape index (κ1) is 9.49. The minimum Gasteiger partial charge on any atom is -0.481 e. The van der Waals surface area contributed by atoms with Gasteiger partial charge in [-0.2, -0.15) is 0 Å². The molecular formula is C9H15FO2. The number of alkyl halides is 1. The van der Waals surface area contributed by atoms with Crippen molar-refractivity contribution in [3.05, 3.63) is 0 Å². The van der Waals surface area contributed by atoms with Gasteiger partial charge in [-0.3, -0.25) is 4.79 Å². The molecule has 2 nitrogen and oxygen atoms in total. The minimum absolute atomic E-state index is 0.00926. The van der Waals surface area contributed by atoms with Crippen LogP contribution in [-0.4, -0.2) is 16.7 Å². The van der Waals surface area contributed by atoms with Gasteiger partial charge >= 0.3 is 5.97 Å². The number of hydrogen-bond acceptors (Lipinski definition) is 1. The van der Waals surface area contributed by atoms with Crippen LogP contribution in [-0.2, 0) is 4.79 Å². The summed E-state index contributed by atoms with van der Waals surface area (Å²) in [6, 6.07) is 0. The molecular weight excluding hydrogens is 159 g/mol. The maximum absolute atomic E-state index is 13.1. The molecule has 1 saturated carbocycles. The molecule has 70 valence electrons. The van der Waals surface area contributed by atoms with Crippen molar-refractivity contribution >= 4 is 5.97 Å². The first-order valence-corrected chi connectivity index (χ1v) is 4.18. The fourth-order valence-corrected chi connectivity index (χ4v) is 1.65. The summed E-state index contributed by atoms with van der Waals surface area (Å²) in [6.07, 6.45) is 0.763. The Kier molecular flexibility index (Phi) is 1.93. The lowest BCUT2D eigenvalue weighted by Crippen LogP contribution is -2.47. The van der Waals surface area contributed by atoms with Crippen LogP contribution in [0.4, 0.5) is 4.39 Å². The molecule has 1 aliphatic rings. The van der Waals surface area contributed by atoms with Crippen LogP contribution < -0.4 is 0 Å². The average Bonchev–Trinajstić information content (AvgIpc) is 1.82. The second-order valence-corrected chi connectivity index (χ2v) is 4.55. The first-order chi connectivity index (χ1) is 5.26. The molecule has 0 spiro atoms. The van der Waals surface area contributed by atoms with Crippen molar-refractivity contribution in [3.8, 4) is 0 Å². The molecule has 0 aromatic carbocycles. The molecule has 0 aromatic heterocycles. The zero-order chi connectivity index (χ0) is 9.57. The molecule has 0 atom stereocenters. The number of rotatable bonds is 2. The van der Waals surface area contributed by atoms with Crippen molar-refractivity contribution in [3.63, 3.8) is 0 Å². The van der Waals surface area contributed by atoms with Gasteiger partial charge in [-0.05, 0) is 39.5 Å². The first-order valence-electron chi connectivity index (χ1n) is 4.18. The standard InChI is InChI=1S/C9H15FO2/c1-8(2,7(11)12)6-4-9(3,10)5-6/h6H,4-5H2,1-3H3,(H,11,12). The monoisotopic (exact) mass is 174 g/mol.